The largest absolute Gasteiger partial charge is 0.495 e. The number of ether oxygens (including phenoxy) is 4. The molecule has 3 aromatic rings. The van der Waals surface area contributed by atoms with Gasteiger partial charge in [0.2, 0.25) is 5.75 Å². The van der Waals surface area contributed by atoms with Crippen LogP contribution in [-0.2, 0) is 0 Å². The summed E-state index contributed by atoms with van der Waals surface area (Å²) in [4.78, 5) is 25.9. The first-order chi connectivity index (χ1) is 17.4. The number of methoxy groups -OCH3 is 1. The van der Waals surface area contributed by atoms with Gasteiger partial charge in [0.1, 0.15) is 5.75 Å². The maximum Gasteiger partial charge on any atom is 0.255 e. The molecule has 8 nitrogen and oxygen atoms in total. The third-order valence-corrected chi connectivity index (χ3v) is 5.16. The Morgan fingerprint density at radius 3 is 1.94 bits per heavy atom. The normalized spacial score (nSPS) is 10.4. The second-order valence-corrected chi connectivity index (χ2v) is 7.79. The lowest BCUT2D eigenvalue weighted by atomic mass is 10.1. The predicted molar refractivity (Wildman–Crippen MR) is 140 cm³/mol. The van der Waals surface area contributed by atoms with Gasteiger partial charge in [-0.1, -0.05) is 17.7 Å². The van der Waals surface area contributed by atoms with Crippen molar-refractivity contribution < 1.29 is 28.5 Å². The molecule has 2 amide bonds. The highest BCUT2D eigenvalue weighted by molar-refractivity contribution is 6.07. The van der Waals surface area contributed by atoms with E-state index in [0.717, 1.165) is 5.56 Å². The van der Waals surface area contributed by atoms with Crippen LogP contribution in [0.5, 0.6) is 23.0 Å². The fourth-order valence-electron chi connectivity index (χ4n) is 3.59. The Kier molecular flexibility index (Phi) is 9.16. The van der Waals surface area contributed by atoms with Crippen LogP contribution in [0.4, 0.5) is 11.4 Å². The molecule has 0 aromatic heterocycles. The van der Waals surface area contributed by atoms with Crippen molar-refractivity contribution in [1.29, 1.82) is 0 Å². The summed E-state index contributed by atoms with van der Waals surface area (Å²) in [6, 6.07) is 15.5. The van der Waals surface area contributed by atoms with Gasteiger partial charge in [0.25, 0.3) is 11.8 Å². The third kappa shape index (κ3) is 6.47. The Morgan fingerprint density at radius 1 is 0.722 bits per heavy atom. The fourth-order valence-corrected chi connectivity index (χ4v) is 3.59. The molecule has 0 aliphatic carbocycles. The average Bonchev–Trinajstić information content (AvgIpc) is 2.86. The first kappa shape index (κ1) is 26.4. The van der Waals surface area contributed by atoms with Crippen molar-refractivity contribution in [2.75, 3.05) is 37.6 Å². The van der Waals surface area contributed by atoms with Crippen LogP contribution < -0.4 is 29.6 Å². The number of nitrogens with one attached hydrogen (secondary N) is 2. The molecule has 0 heterocycles. The number of carbonyl (C=O) groups excluding carboxylic acids is 2. The van der Waals surface area contributed by atoms with Crippen molar-refractivity contribution in [1.82, 2.24) is 0 Å². The van der Waals surface area contributed by atoms with Crippen molar-refractivity contribution in [3.05, 3.63) is 71.3 Å². The highest BCUT2D eigenvalue weighted by Gasteiger charge is 2.19. The second-order valence-electron chi connectivity index (χ2n) is 7.79. The van der Waals surface area contributed by atoms with Gasteiger partial charge in [-0.3, -0.25) is 9.59 Å². The van der Waals surface area contributed by atoms with E-state index in [4.69, 9.17) is 18.9 Å². The molecule has 0 aliphatic rings. The van der Waals surface area contributed by atoms with Crippen molar-refractivity contribution in [2.45, 2.75) is 27.7 Å². The SMILES string of the molecule is CCOc1cc(C(=O)Nc2ccc(OC)c(NC(=O)c3cccc(C)c3)c2)cc(OCC)c1OCC. The standard InChI is InChI=1S/C28H32N2O6/c1-6-34-24-15-20(16-25(35-7-2)26(24)36-8-3)28(32)29-21-12-13-23(33-5)22(17-21)30-27(31)19-11-9-10-18(4)14-19/h9-17H,6-8H2,1-5H3,(H,29,32)(H,30,31). The van der Waals surface area contributed by atoms with Crippen LogP contribution in [0.15, 0.2) is 54.6 Å². The zero-order valence-electron chi connectivity index (χ0n) is 21.3. The van der Waals surface area contributed by atoms with E-state index in [1.165, 1.54) is 7.11 Å². The number of amides is 2. The van der Waals surface area contributed by atoms with Crippen LogP contribution in [0.3, 0.4) is 0 Å². The third-order valence-electron chi connectivity index (χ3n) is 5.16. The summed E-state index contributed by atoms with van der Waals surface area (Å²) in [7, 11) is 1.51. The fraction of sp³-hybridized carbons (Fsp3) is 0.286. The van der Waals surface area contributed by atoms with Gasteiger partial charge in [0.15, 0.2) is 11.5 Å². The van der Waals surface area contributed by atoms with Gasteiger partial charge in [0.05, 0.1) is 32.6 Å². The smallest absolute Gasteiger partial charge is 0.255 e. The van der Waals surface area contributed by atoms with E-state index in [-0.39, 0.29) is 11.8 Å². The zero-order chi connectivity index (χ0) is 26.1. The van der Waals surface area contributed by atoms with Crippen molar-refractivity contribution in [3.63, 3.8) is 0 Å². The van der Waals surface area contributed by atoms with Crippen molar-refractivity contribution in [3.8, 4) is 23.0 Å². The molecule has 3 aromatic carbocycles. The molecule has 0 fully saturated rings. The molecule has 0 aliphatic heterocycles. The lowest BCUT2D eigenvalue weighted by Crippen LogP contribution is -2.15. The first-order valence-electron chi connectivity index (χ1n) is 11.8. The van der Waals surface area contributed by atoms with E-state index < -0.39 is 0 Å². The molecule has 0 saturated carbocycles. The van der Waals surface area contributed by atoms with Gasteiger partial charge < -0.3 is 29.6 Å². The minimum Gasteiger partial charge on any atom is -0.495 e. The summed E-state index contributed by atoms with van der Waals surface area (Å²) in [5.74, 6) is 1.12. The molecule has 0 unspecified atom stereocenters. The van der Waals surface area contributed by atoms with Gasteiger partial charge in [-0.2, -0.15) is 0 Å². The Morgan fingerprint density at radius 2 is 1.36 bits per heavy atom. The van der Waals surface area contributed by atoms with Crippen molar-refractivity contribution >= 4 is 23.2 Å². The summed E-state index contributed by atoms with van der Waals surface area (Å²) in [5, 5.41) is 5.72. The van der Waals surface area contributed by atoms with Gasteiger partial charge in [0, 0.05) is 16.8 Å². The number of hydrogen-bond donors (Lipinski definition) is 2. The van der Waals surface area contributed by atoms with E-state index in [1.54, 1.807) is 42.5 Å². The number of benzene rings is 3. The molecule has 2 N–H and O–H groups in total. The monoisotopic (exact) mass is 492 g/mol. The summed E-state index contributed by atoms with van der Waals surface area (Å²) in [5.41, 5.74) is 2.74. The summed E-state index contributed by atoms with van der Waals surface area (Å²) < 4.78 is 22.5. The zero-order valence-corrected chi connectivity index (χ0v) is 21.3. The van der Waals surface area contributed by atoms with Crippen LogP contribution in [0.25, 0.3) is 0 Å². The first-order valence-corrected chi connectivity index (χ1v) is 11.8. The van der Waals surface area contributed by atoms with E-state index in [9.17, 15) is 9.59 Å². The molecular weight excluding hydrogens is 460 g/mol. The maximum atomic E-state index is 13.2. The number of rotatable bonds is 11. The lowest BCUT2D eigenvalue weighted by molar-refractivity contribution is 0.101. The number of aryl methyl sites for hydroxylation is 1. The lowest BCUT2D eigenvalue weighted by Gasteiger charge is -2.17. The van der Waals surface area contributed by atoms with E-state index >= 15 is 0 Å². The van der Waals surface area contributed by atoms with E-state index in [1.807, 2.05) is 39.8 Å². The quantitative estimate of drug-likeness (QED) is 0.356. The predicted octanol–water partition coefficient (Wildman–Crippen LogP) is 5.70. The van der Waals surface area contributed by atoms with E-state index in [0.29, 0.717) is 65.3 Å². The molecule has 8 heteroatoms. The summed E-state index contributed by atoms with van der Waals surface area (Å²) in [6.45, 7) is 8.72. The highest BCUT2D eigenvalue weighted by atomic mass is 16.5. The average molecular weight is 493 g/mol. The second kappa shape index (κ2) is 12.5. The molecule has 190 valence electrons. The highest BCUT2D eigenvalue weighted by Crippen LogP contribution is 2.39. The van der Waals surface area contributed by atoms with E-state index in [2.05, 4.69) is 10.6 Å². The van der Waals surface area contributed by atoms with Crippen LogP contribution in [0.2, 0.25) is 0 Å². The summed E-state index contributed by atoms with van der Waals surface area (Å²) >= 11 is 0. The van der Waals surface area contributed by atoms with Crippen LogP contribution in [0.1, 0.15) is 47.1 Å². The molecule has 3 rings (SSSR count). The Labute approximate surface area is 211 Å². The van der Waals surface area contributed by atoms with Crippen LogP contribution >= 0.6 is 0 Å². The number of hydrogen-bond acceptors (Lipinski definition) is 6. The number of carbonyl (C=O) groups is 2. The molecular formula is C28H32N2O6. The van der Waals surface area contributed by atoms with Gasteiger partial charge in [-0.15, -0.1) is 0 Å². The Hall–Kier alpha value is -4.20. The van der Waals surface area contributed by atoms with Crippen LogP contribution in [0, 0.1) is 6.92 Å². The summed E-state index contributed by atoms with van der Waals surface area (Å²) in [6.07, 6.45) is 0. The number of anilines is 2. The van der Waals surface area contributed by atoms with Gasteiger partial charge in [-0.05, 0) is 70.2 Å². The van der Waals surface area contributed by atoms with Gasteiger partial charge in [-0.25, -0.2) is 0 Å². The molecule has 0 bridgehead atoms. The molecule has 36 heavy (non-hydrogen) atoms. The molecule has 0 saturated heterocycles. The Bertz CT molecular complexity index is 1200. The minimum atomic E-state index is -0.374. The maximum absolute atomic E-state index is 13.2. The minimum absolute atomic E-state index is 0.283. The van der Waals surface area contributed by atoms with Gasteiger partial charge >= 0.3 is 0 Å². The topological polar surface area (TPSA) is 95.1 Å². The molecule has 0 spiro atoms. The molecule has 0 radical (unpaired) electrons. The van der Waals surface area contributed by atoms with Crippen molar-refractivity contribution in [2.24, 2.45) is 0 Å². The van der Waals surface area contributed by atoms with Crippen LogP contribution in [-0.4, -0.2) is 38.7 Å². The molecule has 0 atom stereocenters. The Balaban J connectivity index is 1.88.